The van der Waals surface area contributed by atoms with Gasteiger partial charge in [-0.25, -0.2) is 0 Å². The molecule has 9 nitrogen and oxygen atoms in total. The van der Waals surface area contributed by atoms with E-state index in [1.807, 2.05) is 0 Å². The fourth-order valence-corrected chi connectivity index (χ4v) is 12.4. The molecular weight excluding hydrogens is 1000 g/mol. The number of unbranched alkanes of at least 4 members (excludes halogenated alkanes) is 39. The van der Waals surface area contributed by atoms with Crippen LogP contribution in [-0.4, -0.2) is 35.4 Å². The minimum Gasteiger partial charge on any atom is -0.296 e. The second-order valence-electron chi connectivity index (χ2n) is 26.0. The van der Waals surface area contributed by atoms with Crippen LogP contribution in [-0.2, 0) is 28.8 Å². The highest BCUT2D eigenvalue weighted by atomic mass is 16.2. The van der Waals surface area contributed by atoms with Crippen LogP contribution in [0.5, 0.6) is 0 Å². The lowest BCUT2D eigenvalue weighted by atomic mass is 9.53. The summed E-state index contributed by atoms with van der Waals surface area (Å²) in [5.41, 5.74) is -3.90. The molecular formula is C72H129N3O6. The standard InChI is InChI=1S/C72H129N3O6/c1-7-10-13-16-19-22-25-28-31-34-37-40-43-46-49-52-55-58-64(76)73-67(79)70(4)61-71(5,68(80)74-65(77)59-56-53-50-47-44-41-38-35-32-29-26-23-20-17-14-11-8-2)63-72(6,62-70)69(81)75-66(78)60-57-54-51-48-45-42-39-36-33-30-27-24-21-18-15-12-9-3/h34-39H,7-33,40-63H2,1-6H3,(H,73,76,79)(H,74,77,80)(H,75,78,81). The third-order valence-corrected chi connectivity index (χ3v) is 17.2. The molecule has 0 aromatic carbocycles. The SMILES string of the molecule is CCCCCCCCCCC=CCCCCCCCC(=O)NC(=O)C1(C)CC(C)(C(=O)NC(=O)CCCCCCCC=CCCCCCCCCCC)CC(C)(C(=O)NC(=O)CCCCCCCC=CCCCCCCCCCC)C1. The van der Waals surface area contributed by atoms with E-state index in [4.69, 9.17) is 0 Å². The van der Waals surface area contributed by atoms with Crippen molar-refractivity contribution >= 4 is 35.4 Å². The minimum atomic E-state index is -1.30. The molecule has 0 saturated heterocycles. The molecule has 0 aromatic rings. The number of hydrogen-bond donors (Lipinski definition) is 3. The third-order valence-electron chi connectivity index (χ3n) is 17.2. The van der Waals surface area contributed by atoms with Gasteiger partial charge in [0.2, 0.25) is 35.4 Å². The topological polar surface area (TPSA) is 139 Å². The van der Waals surface area contributed by atoms with Gasteiger partial charge >= 0.3 is 0 Å². The zero-order valence-corrected chi connectivity index (χ0v) is 54.0. The third kappa shape index (κ3) is 41.3. The second-order valence-corrected chi connectivity index (χ2v) is 26.0. The highest BCUT2D eigenvalue weighted by Crippen LogP contribution is 2.55. The summed E-state index contributed by atoms with van der Waals surface area (Å²) in [6, 6.07) is 0. The molecule has 81 heavy (non-hydrogen) atoms. The molecule has 1 aliphatic rings. The van der Waals surface area contributed by atoms with Gasteiger partial charge in [0.15, 0.2) is 0 Å². The van der Waals surface area contributed by atoms with Crippen molar-refractivity contribution < 1.29 is 28.8 Å². The summed E-state index contributed by atoms with van der Waals surface area (Å²) in [4.78, 5) is 82.4. The molecule has 0 aromatic heterocycles. The Balaban J connectivity index is 2.69. The molecule has 0 unspecified atom stereocenters. The van der Waals surface area contributed by atoms with E-state index in [2.05, 4.69) is 73.2 Å². The van der Waals surface area contributed by atoms with Gasteiger partial charge in [-0.1, -0.05) is 271 Å². The summed E-state index contributed by atoms with van der Waals surface area (Å²) < 4.78 is 0. The van der Waals surface area contributed by atoms with Crippen molar-refractivity contribution in [3.05, 3.63) is 36.5 Å². The first-order valence-electron chi connectivity index (χ1n) is 34.7. The zero-order valence-electron chi connectivity index (χ0n) is 54.0. The largest absolute Gasteiger partial charge is 0.296 e. The molecule has 0 heterocycles. The van der Waals surface area contributed by atoms with Crippen molar-refractivity contribution in [2.45, 2.75) is 369 Å². The average molecular weight is 1130 g/mol. The van der Waals surface area contributed by atoms with Crippen molar-refractivity contribution in [1.29, 1.82) is 0 Å². The lowest BCUT2D eigenvalue weighted by Crippen LogP contribution is -2.59. The van der Waals surface area contributed by atoms with Crippen LogP contribution in [0, 0.1) is 16.2 Å². The Morgan fingerprint density at radius 2 is 0.420 bits per heavy atom. The zero-order chi connectivity index (χ0) is 59.4. The summed E-state index contributed by atoms with van der Waals surface area (Å²) in [7, 11) is 0. The van der Waals surface area contributed by atoms with Crippen LogP contribution in [0.2, 0.25) is 0 Å². The Hall–Kier alpha value is -3.36. The number of imide groups is 3. The van der Waals surface area contributed by atoms with E-state index in [0.717, 1.165) is 116 Å². The number of carbonyl (C=O) groups excluding carboxylic acids is 6. The predicted molar refractivity (Wildman–Crippen MR) is 344 cm³/mol. The lowest BCUT2D eigenvalue weighted by Gasteiger charge is -2.50. The van der Waals surface area contributed by atoms with E-state index in [1.54, 1.807) is 20.8 Å². The molecule has 0 aliphatic heterocycles. The first-order chi connectivity index (χ1) is 39.2. The monoisotopic (exact) mass is 1130 g/mol. The fourth-order valence-electron chi connectivity index (χ4n) is 12.4. The van der Waals surface area contributed by atoms with E-state index in [1.165, 1.54) is 154 Å². The van der Waals surface area contributed by atoms with Crippen molar-refractivity contribution in [3.63, 3.8) is 0 Å². The van der Waals surface area contributed by atoms with Gasteiger partial charge in [0, 0.05) is 35.5 Å². The van der Waals surface area contributed by atoms with Crippen molar-refractivity contribution in [3.8, 4) is 0 Å². The van der Waals surface area contributed by atoms with Crippen molar-refractivity contribution in [1.82, 2.24) is 16.0 Å². The van der Waals surface area contributed by atoms with Crippen LogP contribution >= 0.6 is 0 Å². The molecule has 1 saturated carbocycles. The van der Waals surface area contributed by atoms with E-state index in [0.29, 0.717) is 19.3 Å². The molecule has 1 fully saturated rings. The number of hydrogen-bond acceptors (Lipinski definition) is 6. The maximum atomic E-state index is 14.2. The highest BCUT2D eigenvalue weighted by molar-refractivity contribution is 6.03. The van der Waals surface area contributed by atoms with Crippen molar-refractivity contribution in [2.24, 2.45) is 16.2 Å². The highest BCUT2D eigenvalue weighted by Gasteiger charge is 2.58. The van der Waals surface area contributed by atoms with Gasteiger partial charge in [-0.3, -0.25) is 44.7 Å². The van der Waals surface area contributed by atoms with Crippen LogP contribution in [0.4, 0.5) is 0 Å². The number of nitrogens with one attached hydrogen (secondary N) is 3. The predicted octanol–water partition coefficient (Wildman–Crippen LogP) is 20.6. The number of amides is 6. The maximum Gasteiger partial charge on any atom is 0.232 e. The van der Waals surface area contributed by atoms with Gasteiger partial charge < -0.3 is 0 Å². The smallest absolute Gasteiger partial charge is 0.232 e. The minimum absolute atomic E-state index is 0.0469. The molecule has 0 bridgehead atoms. The number of carbonyl (C=O) groups is 6. The maximum absolute atomic E-state index is 14.2. The van der Waals surface area contributed by atoms with E-state index >= 15 is 0 Å². The van der Waals surface area contributed by atoms with Crippen LogP contribution in [0.3, 0.4) is 0 Å². The summed E-state index contributed by atoms with van der Waals surface area (Å²) in [6.45, 7) is 11.9. The van der Waals surface area contributed by atoms with Gasteiger partial charge in [-0.2, -0.15) is 0 Å². The Morgan fingerprint density at radius 3 is 0.605 bits per heavy atom. The second kappa shape index (κ2) is 51.1. The summed E-state index contributed by atoms with van der Waals surface area (Å²) in [5.74, 6) is -2.68. The van der Waals surface area contributed by atoms with Crippen LogP contribution in [0.25, 0.3) is 0 Å². The Bertz CT molecular complexity index is 1510. The molecule has 0 radical (unpaired) electrons. The number of allylic oxidation sites excluding steroid dienone is 6. The van der Waals surface area contributed by atoms with Gasteiger partial charge in [0.25, 0.3) is 0 Å². The summed E-state index contributed by atoms with van der Waals surface area (Å²) in [5, 5.41) is 7.91. The molecule has 6 amide bonds. The van der Waals surface area contributed by atoms with Gasteiger partial charge in [-0.15, -0.1) is 0 Å². The molecule has 468 valence electrons. The van der Waals surface area contributed by atoms with Crippen LogP contribution in [0.15, 0.2) is 36.5 Å². The molecule has 1 aliphatic carbocycles. The molecule has 1 rings (SSSR count). The first kappa shape index (κ1) is 75.7. The molecule has 0 atom stereocenters. The Labute approximate surface area is 499 Å². The van der Waals surface area contributed by atoms with Crippen LogP contribution in [0.1, 0.15) is 369 Å². The van der Waals surface area contributed by atoms with Crippen molar-refractivity contribution in [2.75, 3.05) is 0 Å². The van der Waals surface area contributed by atoms with Crippen LogP contribution < -0.4 is 16.0 Å². The Morgan fingerprint density at radius 1 is 0.259 bits per heavy atom. The average Bonchev–Trinajstić information content (AvgIpc) is 3.45. The first-order valence-corrected chi connectivity index (χ1v) is 34.7. The van der Waals surface area contributed by atoms with E-state index < -0.39 is 34.0 Å². The van der Waals surface area contributed by atoms with Gasteiger partial charge in [0.05, 0.1) is 0 Å². The lowest BCUT2D eigenvalue weighted by molar-refractivity contribution is -0.155. The van der Waals surface area contributed by atoms with Gasteiger partial charge in [-0.05, 0) is 116 Å². The van der Waals surface area contributed by atoms with Gasteiger partial charge in [0.1, 0.15) is 0 Å². The fraction of sp³-hybridized carbons (Fsp3) is 0.833. The normalized spacial score (nSPS) is 18.3. The molecule has 3 N–H and O–H groups in total. The summed E-state index contributed by atoms with van der Waals surface area (Å²) >= 11 is 0. The van der Waals surface area contributed by atoms with E-state index in [9.17, 15) is 28.8 Å². The van der Waals surface area contributed by atoms with E-state index in [-0.39, 0.29) is 56.2 Å². The molecule has 9 heteroatoms. The molecule has 0 spiro atoms. The number of rotatable bonds is 54. The summed E-state index contributed by atoms with van der Waals surface area (Å²) in [6.07, 6.45) is 68.1. The Kier molecular flexibility index (Phi) is 47.7. The quantitative estimate of drug-likeness (QED) is 0.0410.